The molecule has 0 bridgehead atoms. The molecule has 0 saturated carbocycles. The van der Waals surface area contributed by atoms with Gasteiger partial charge in [-0.1, -0.05) is 0 Å². The minimum absolute atomic E-state index is 0.324. The van der Waals surface area contributed by atoms with Gasteiger partial charge in [-0.25, -0.2) is 4.79 Å². The fourth-order valence-corrected chi connectivity index (χ4v) is 1.95. The molecule has 1 heterocycles. The lowest BCUT2D eigenvalue weighted by atomic mass is 10.1. The summed E-state index contributed by atoms with van der Waals surface area (Å²) < 4.78 is 5.15. The molecule has 0 aliphatic carbocycles. The van der Waals surface area contributed by atoms with Gasteiger partial charge < -0.3 is 15.0 Å². The number of nitrogens with zero attached hydrogens (tertiary/aromatic N) is 1. The number of nitrogens with one attached hydrogen (secondary N) is 1. The van der Waals surface area contributed by atoms with Crippen molar-refractivity contribution in [1.29, 1.82) is 0 Å². The van der Waals surface area contributed by atoms with Gasteiger partial charge in [0.05, 0.1) is 0 Å². The second-order valence-electron chi connectivity index (χ2n) is 5.44. The monoisotopic (exact) mass is 262 g/mol. The van der Waals surface area contributed by atoms with Crippen LogP contribution in [0.3, 0.4) is 0 Å². The molecule has 0 atom stereocenters. The maximum absolute atomic E-state index is 11.4. The van der Waals surface area contributed by atoms with E-state index in [0.29, 0.717) is 11.9 Å². The molecule has 1 fully saturated rings. The zero-order valence-electron chi connectivity index (χ0n) is 11.0. The Labute approximate surface area is 109 Å². The van der Waals surface area contributed by atoms with E-state index in [-0.39, 0.29) is 6.09 Å². The number of halogens is 1. The van der Waals surface area contributed by atoms with Crippen LogP contribution in [0.2, 0.25) is 0 Å². The fourth-order valence-electron chi connectivity index (χ4n) is 1.76. The number of hydrogen-bond donors (Lipinski definition) is 1. The van der Waals surface area contributed by atoms with Crippen molar-refractivity contribution in [3.63, 3.8) is 0 Å². The average Bonchev–Trinajstić information content (AvgIpc) is 2.18. The first-order valence-corrected chi connectivity index (χ1v) is 6.64. The summed E-state index contributed by atoms with van der Waals surface area (Å²) in [5.41, 5.74) is -0.430. The van der Waals surface area contributed by atoms with E-state index in [4.69, 9.17) is 16.3 Å². The van der Waals surface area contributed by atoms with Crippen LogP contribution in [0.25, 0.3) is 0 Å². The topological polar surface area (TPSA) is 41.6 Å². The maximum Gasteiger partial charge on any atom is 0.407 e. The molecule has 1 amide bonds. The number of hydrogen-bond acceptors (Lipinski definition) is 3. The molecule has 4 nitrogen and oxygen atoms in total. The summed E-state index contributed by atoms with van der Waals surface area (Å²) in [5.74, 6) is 0. The van der Waals surface area contributed by atoms with Gasteiger partial charge in [-0.15, -0.1) is 11.6 Å². The summed E-state index contributed by atoms with van der Waals surface area (Å²) in [6.07, 6.45) is 1.73. The van der Waals surface area contributed by atoms with E-state index < -0.39 is 5.60 Å². The molecule has 1 aliphatic heterocycles. The van der Waals surface area contributed by atoms with Crippen LogP contribution in [-0.4, -0.2) is 48.2 Å². The maximum atomic E-state index is 11.4. The molecular weight excluding hydrogens is 240 g/mol. The Balaban J connectivity index is 2.09. The van der Waals surface area contributed by atoms with Gasteiger partial charge in [-0.3, -0.25) is 0 Å². The molecule has 0 unspecified atom stereocenters. The highest BCUT2D eigenvalue weighted by Gasteiger charge is 2.18. The van der Waals surface area contributed by atoms with E-state index >= 15 is 0 Å². The molecule has 0 aromatic carbocycles. The number of alkyl carbamates (subject to hydrolysis) is 1. The second kappa shape index (κ2) is 6.45. The van der Waals surface area contributed by atoms with Crippen LogP contribution in [0.4, 0.5) is 4.79 Å². The van der Waals surface area contributed by atoms with Crippen LogP contribution >= 0.6 is 11.6 Å². The van der Waals surface area contributed by atoms with Crippen LogP contribution in [0.5, 0.6) is 0 Å². The standard InChI is InChI=1S/C12H23ClN2O2/c1-12(2,3)17-11(16)14-6-9-15-7-4-10(13)5-8-15/h10H,4-9H2,1-3H3,(H,14,16). The highest BCUT2D eigenvalue weighted by molar-refractivity contribution is 6.20. The predicted octanol–water partition coefficient (Wildman–Crippen LogP) is 2.21. The summed E-state index contributed by atoms with van der Waals surface area (Å²) in [6, 6.07) is 0. The van der Waals surface area contributed by atoms with Gasteiger partial charge >= 0.3 is 6.09 Å². The lowest BCUT2D eigenvalue weighted by Crippen LogP contribution is -2.41. The number of likely N-dealkylation sites (tertiary alicyclic amines) is 1. The molecular formula is C12H23ClN2O2. The van der Waals surface area contributed by atoms with E-state index in [0.717, 1.165) is 32.5 Å². The lowest BCUT2D eigenvalue weighted by Gasteiger charge is -2.29. The Bertz CT molecular complexity index is 245. The predicted molar refractivity (Wildman–Crippen MR) is 69.6 cm³/mol. The first-order valence-electron chi connectivity index (χ1n) is 6.20. The van der Waals surface area contributed by atoms with Crippen LogP contribution < -0.4 is 5.32 Å². The smallest absolute Gasteiger partial charge is 0.407 e. The number of carbonyl (C=O) groups is 1. The van der Waals surface area contributed by atoms with Crippen molar-refractivity contribution in [2.24, 2.45) is 0 Å². The van der Waals surface area contributed by atoms with Gasteiger partial charge in [0.1, 0.15) is 5.60 Å². The first kappa shape index (κ1) is 14.6. The van der Waals surface area contributed by atoms with E-state index in [1.807, 2.05) is 20.8 Å². The highest BCUT2D eigenvalue weighted by atomic mass is 35.5. The molecule has 0 spiro atoms. The molecule has 0 aromatic heterocycles. The van der Waals surface area contributed by atoms with Gasteiger partial charge in [0, 0.05) is 18.5 Å². The number of piperidine rings is 1. The van der Waals surface area contributed by atoms with Crippen LogP contribution in [-0.2, 0) is 4.74 Å². The molecule has 5 heteroatoms. The van der Waals surface area contributed by atoms with Crippen LogP contribution in [0.15, 0.2) is 0 Å². The number of carbonyl (C=O) groups excluding carboxylic acids is 1. The minimum atomic E-state index is -0.430. The Morgan fingerprint density at radius 2 is 2.00 bits per heavy atom. The Kier molecular flexibility index (Phi) is 5.53. The fraction of sp³-hybridized carbons (Fsp3) is 0.917. The SMILES string of the molecule is CC(C)(C)OC(=O)NCCN1CCC(Cl)CC1. The average molecular weight is 263 g/mol. The molecule has 1 rings (SSSR count). The third-order valence-corrected chi connectivity index (χ3v) is 3.05. The largest absolute Gasteiger partial charge is 0.444 e. The molecule has 0 aromatic rings. The second-order valence-corrected chi connectivity index (χ2v) is 6.06. The van der Waals surface area contributed by atoms with E-state index in [2.05, 4.69) is 10.2 Å². The summed E-state index contributed by atoms with van der Waals surface area (Å²) >= 11 is 6.02. The van der Waals surface area contributed by atoms with Crippen LogP contribution in [0, 0.1) is 0 Å². The third-order valence-electron chi connectivity index (χ3n) is 2.61. The van der Waals surface area contributed by atoms with E-state index in [1.165, 1.54) is 0 Å². The summed E-state index contributed by atoms with van der Waals surface area (Å²) in [5, 5.41) is 3.09. The Morgan fingerprint density at radius 3 is 2.53 bits per heavy atom. The van der Waals surface area contributed by atoms with Gasteiger partial charge in [0.25, 0.3) is 0 Å². The van der Waals surface area contributed by atoms with Crippen molar-refractivity contribution in [2.45, 2.75) is 44.6 Å². The van der Waals surface area contributed by atoms with Crippen molar-refractivity contribution in [2.75, 3.05) is 26.2 Å². The molecule has 17 heavy (non-hydrogen) atoms. The quantitative estimate of drug-likeness (QED) is 0.793. The normalized spacial score (nSPS) is 19.1. The number of amides is 1. The molecule has 100 valence electrons. The van der Waals surface area contributed by atoms with E-state index in [1.54, 1.807) is 0 Å². The lowest BCUT2D eigenvalue weighted by molar-refractivity contribution is 0.0521. The number of alkyl halides is 1. The molecule has 0 radical (unpaired) electrons. The van der Waals surface area contributed by atoms with Crippen molar-refractivity contribution in [3.05, 3.63) is 0 Å². The summed E-state index contributed by atoms with van der Waals surface area (Å²) in [6.45, 7) is 9.10. The molecule has 1 saturated heterocycles. The Hall–Kier alpha value is -0.480. The molecule has 1 N–H and O–H groups in total. The third kappa shape index (κ3) is 6.74. The Morgan fingerprint density at radius 1 is 1.41 bits per heavy atom. The van der Waals surface area contributed by atoms with Crippen molar-refractivity contribution in [1.82, 2.24) is 10.2 Å². The van der Waals surface area contributed by atoms with Crippen LogP contribution in [0.1, 0.15) is 33.6 Å². The van der Waals surface area contributed by atoms with E-state index in [9.17, 15) is 4.79 Å². The zero-order chi connectivity index (χ0) is 12.9. The van der Waals surface area contributed by atoms with Gasteiger partial charge in [0.15, 0.2) is 0 Å². The first-order chi connectivity index (χ1) is 7.87. The van der Waals surface area contributed by atoms with Gasteiger partial charge in [-0.2, -0.15) is 0 Å². The minimum Gasteiger partial charge on any atom is -0.444 e. The number of ether oxygens (including phenoxy) is 1. The molecule has 1 aliphatic rings. The highest BCUT2D eigenvalue weighted by Crippen LogP contribution is 2.14. The van der Waals surface area contributed by atoms with Crippen molar-refractivity contribution in [3.8, 4) is 0 Å². The van der Waals surface area contributed by atoms with Gasteiger partial charge in [-0.05, 0) is 46.7 Å². The zero-order valence-corrected chi connectivity index (χ0v) is 11.7. The van der Waals surface area contributed by atoms with Crippen molar-refractivity contribution >= 4 is 17.7 Å². The number of rotatable bonds is 3. The van der Waals surface area contributed by atoms with Gasteiger partial charge in [0.2, 0.25) is 0 Å². The van der Waals surface area contributed by atoms with Crippen molar-refractivity contribution < 1.29 is 9.53 Å². The summed E-state index contributed by atoms with van der Waals surface area (Å²) in [7, 11) is 0. The summed E-state index contributed by atoms with van der Waals surface area (Å²) in [4.78, 5) is 13.7.